The van der Waals surface area contributed by atoms with Crippen LogP contribution in [-0.4, -0.2) is 35.0 Å². The average molecular weight is 385 g/mol. The van der Waals surface area contributed by atoms with Gasteiger partial charge in [0, 0.05) is 18.2 Å². The number of ether oxygens (including phenoxy) is 1. The Kier molecular flexibility index (Phi) is 6.41. The molecular formula is C20H23N3O5. The highest BCUT2D eigenvalue weighted by Crippen LogP contribution is 2.17. The molecule has 148 valence electrons. The smallest absolute Gasteiger partial charge is 0.331 e. The predicted molar refractivity (Wildman–Crippen MR) is 102 cm³/mol. The highest BCUT2D eigenvalue weighted by molar-refractivity contribution is 5.98. The second-order valence-electron chi connectivity index (χ2n) is 6.73. The summed E-state index contributed by atoms with van der Waals surface area (Å²) in [5, 5.41) is 4.97. The molecular weight excluding hydrogens is 362 g/mol. The van der Waals surface area contributed by atoms with E-state index in [1.165, 1.54) is 19.4 Å². The predicted octanol–water partition coefficient (Wildman–Crippen LogP) is 2.93. The number of fused-ring (bicyclic) bond motifs is 1. The summed E-state index contributed by atoms with van der Waals surface area (Å²) >= 11 is 0. The topological polar surface area (TPSA) is 111 Å². The number of carbonyl (C=O) groups is 3. The van der Waals surface area contributed by atoms with Crippen molar-refractivity contribution in [3.05, 3.63) is 36.2 Å². The summed E-state index contributed by atoms with van der Waals surface area (Å²) in [7, 11) is 0. The maximum absolute atomic E-state index is 12.0. The lowest BCUT2D eigenvalue weighted by molar-refractivity contribution is -0.149. The van der Waals surface area contributed by atoms with Gasteiger partial charge >= 0.3 is 12.0 Å². The van der Waals surface area contributed by atoms with Crippen LogP contribution in [0.5, 0.6) is 0 Å². The van der Waals surface area contributed by atoms with E-state index in [1.54, 1.807) is 12.1 Å². The van der Waals surface area contributed by atoms with Crippen molar-refractivity contribution >= 4 is 35.1 Å². The van der Waals surface area contributed by atoms with Gasteiger partial charge in [-0.1, -0.05) is 31.4 Å². The summed E-state index contributed by atoms with van der Waals surface area (Å²) in [6.07, 6.45) is 6.50. The highest BCUT2D eigenvalue weighted by Gasteiger charge is 2.21. The molecule has 0 bridgehead atoms. The molecule has 0 spiro atoms. The number of hydrogen-bond acceptors (Lipinski definition) is 6. The molecule has 28 heavy (non-hydrogen) atoms. The molecule has 1 atom stereocenters. The minimum atomic E-state index is -1.11. The number of benzene rings is 1. The van der Waals surface area contributed by atoms with Gasteiger partial charge in [0.05, 0.1) is 0 Å². The number of aromatic nitrogens is 1. The molecule has 8 nitrogen and oxygen atoms in total. The molecule has 0 unspecified atom stereocenters. The fourth-order valence-corrected chi connectivity index (χ4v) is 3.05. The number of rotatable bonds is 5. The Labute approximate surface area is 162 Å². The van der Waals surface area contributed by atoms with Gasteiger partial charge in [0.25, 0.3) is 5.91 Å². The van der Waals surface area contributed by atoms with Gasteiger partial charge in [-0.25, -0.2) is 14.6 Å². The van der Waals surface area contributed by atoms with E-state index in [0.29, 0.717) is 11.1 Å². The van der Waals surface area contributed by atoms with E-state index < -0.39 is 24.0 Å². The molecule has 8 heteroatoms. The van der Waals surface area contributed by atoms with Gasteiger partial charge in [0.15, 0.2) is 11.7 Å². The quantitative estimate of drug-likeness (QED) is 0.605. The van der Waals surface area contributed by atoms with Crippen molar-refractivity contribution in [1.29, 1.82) is 0 Å². The molecule has 2 aromatic rings. The monoisotopic (exact) mass is 385 g/mol. The van der Waals surface area contributed by atoms with E-state index in [0.717, 1.165) is 31.8 Å². The Balaban J connectivity index is 1.45. The lowest BCUT2D eigenvalue weighted by atomic mass is 9.96. The van der Waals surface area contributed by atoms with Gasteiger partial charge < -0.3 is 14.5 Å². The number of amides is 3. The summed E-state index contributed by atoms with van der Waals surface area (Å²) in [6, 6.07) is 6.72. The fourth-order valence-electron chi connectivity index (χ4n) is 3.05. The summed E-state index contributed by atoms with van der Waals surface area (Å²) in [4.78, 5) is 40.0. The second kappa shape index (κ2) is 9.16. The molecule has 1 aliphatic carbocycles. The normalized spacial score (nSPS) is 16.0. The van der Waals surface area contributed by atoms with Crippen molar-refractivity contribution in [3.63, 3.8) is 0 Å². The van der Waals surface area contributed by atoms with Crippen LogP contribution in [-0.2, 0) is 14.3 Å². The van der Waals surface area contributed by atoms with Crippen LogP contribution in [0.15, 0.2) is 34.8 Å². The Bertz CT molecular complexity index is 850. The maximum atomic E-state index is 12.0. The number of oxazole rings is 1. The number of imide groups is 1. The van der Waals surface area contributed by atoms with Gasteiger partial charge in [0.2, 0.25) is 5.89 Å². The minimum absolute atomic E-state index is 0.0821. The lowest BCUT2D eigenvalue weighted by Crippen LogP contribution is -2.48. The van der Waals surface area contributed by atoms with Crippen molar-refractivity contribution < 1.29 is 23.5 Å². The van der Waals surface area contributed by atoms with E-state index >= 15 is 0 Å². The molecule has 0 radical (unpaired) electrons. The third kappa shape index (κ3) is 5.42. The maximum Gasteiger partial charge on any atom is 0.331 e. The number of nitrogens with zero attached hydrogens (tertiary/aromatic N) is 1. The Morgan fingerprint density at radius 3 is 2.71 bits per heavy atom. The van der Waals surface area contributed by atoms with Gasteiger partial charge in [-0.05, 0) is 31.9 Å². The van der Waals surface area contributed by atoms with Crippen molar-refractivity contribution in [2.75, 3.05) is 0 Å². The summed E-state index contributed by atoms with van der Waals surface area (Å²) in [6.45, 7) is 1.40. The van der Waals surface area contributed by atoms with Crippen LogP contribution < -0.4 is 10.6 Å². The van der Waals surface area contributed by atoms with Gasteiger partial charge in [0.1, 0.15) is 5.52 Å². The summed E-state index contributed by atoms with van der Waals surface area (Å²) in [5.41, 5.74) is 1.28. The Morgan fingerprint density at radius 1 is 1.21 bits per heavy atom. The average Bonchev–Trinajstić information content (AvgIpc) is 3.10. The van der Waals surface area contributed by atoms with Crippen molar-refractivity contribution in [2.24, 2.45) is 0 Å². The SMILES string of the molecule is C[C@H](OC(=O)/C=C/c1nc2ccccc2o1)C(=O)NC(=O)NC1CCCCC1. The summed E-state index contributed by atoms with van der Waals surface area (Å²) < 4.78 is 10.5. The van der Waals surface area contributed by atoms with Crippen LogP contribution >= 0.6 is 0 Å². The number of nitrogens with one attached hydrogen (secondary N) is 2. The molecule has 1 aromatic heterocycles. The molecule has 2 N–H and O–H groups in total. The van der Waals surface area contributed by atoms with E-state index in [9.17, 15) is 14.4 Å². The summed E-state index contributed by atoms with van der Waals surface area (Å²) in [5.74, 6) is -1.17. The van der Waals surface area contributed by atoms with E-state index in [-0.39, 0.29) is 11.9 Å². The molecule has 3 amide bonds. The number of esters is 1. The van der Waals surface area contributed by atoms with Gasteiger partial charge in [-0.15, -0.1) is 0 Å². The first-order chi connectivity index (χ1) is 13.5. The standard InChI is InChI=1S/C20H23N3O5/c1-13(19(25)23-20(26)21-14-7-3-2-4-8-14)27-18(24)12-11-17-22-15-9-5-6-10-16(15)28-17/h5-6,9-14H,2-4,7-8H2,1H3,(H2,21,23,25,26)/b12-11+/t13-/m0/s1. The van der Waals surface area contributed by atoms with Crippen LogP contribution in [0.2, 0.25) is 0 Å². The molecule has 1 fully saturated rings. The van der Waals surface area contributed by atoms with Crippen molar-refractivity contribution in [1.82, 2.24) is 15.6 Å². The fraction of sp³-hybridized carbons (Fsp3) is 0.400. The van der Waals surface area contributed by atoms with E-state index in [1.807, 2.05) is 12.1 Å². The number of urea groups is 1. The first kappa shape index (κ1) is 19.6. The zero-order valence-electron chi connectivity index (χ0n) is 15.6. The van der Waals surface area contributed by atoms with Gasteiger partial charge in [-0.2, -0.15) is 0 Å². The zero-order valence-corrected chi connectivity index (χ0v) is 15.6. The molecule has 3 rings (SSSR count). The number of para-hydroxylation sites is 2. The second-order valence-corrected chi connectivity index (χ2v) is 6.73. The molecule has 0 saturated heterocycles. The lowest BCUT2D eigenvalue weighted by Gasteiger charge is -2.23. The van der Waals surface area contributed by atoms with Crippen LogP contribution in [0.4, 0.5) is 4.79 Å². The van der Waals surface area contributed by atoms with E-state index in [2.05, 4.69) is 15.6 Å². The van der Waals surface area contributed by atoms with Crippen LogP contribution in [0.25, 0.3) is 17.2 Å². The number of carbonyl (C=O) groups excluding carboxylic acids is 3. The highest BCUT2D eigenvalue weighted by atomic mass is 16.5. The minimum Gasteiger partial charge on any atom is -0.449 e. The molecule has 1 heterocycles. The van der Waals surface area contributed by atoms with Gasteiger partial charge in [-0.3, -0.25) is 10.1 Å². The van der Waals surface area contributed by atoms with E-state index in [4.69, 9.17) is 9.15 Å². The molecule has 1 aromatic carbocycles. The zero-order chi connectivity index (χ0) is 19.9. The third-order valence-electron chi connectivity index (χ3n) is 4.51. The number of hydrogen-bond donors (Lipinski definition) is 2. The Hall–Kier alpha value is -3.16. The van der Waals surface area contributed by atoms with Crippen LogP contribution in [0.1, 0.15) is 44.9 Å². The molecule has 0 aliphatic heterocycles. The van der Waals surface area contributed by atoms with Crippen molar-refractivity contribution in [2.45, 2.75) is 51.2 Å². The molecule has 1 aliphatic rings. The third-order valence-corrected chi connectivity index (χ3v) is 4.51. The first-order valence-corrected chi connectivity index (χ1v) is 9.37. The first-order valence-electron chi connectivity index (χ1n) is 9.37. The van der Waals surface area contributed by atoms with Crippen molar-refractivity contribution in [3.8, 4) is 0 Å². The largest absolute Gasteiger partial charge is 0.449 e. The Morgan fingerprint density at radius 2 is 1.96 bits per heavy atom. The van der Waals surface area contributed by atoms with Crippen LogP contribution in [0.3, 0.4) is 0 Å². The molecule has 1 saturated carbocycles. The van der Waals surface area contributed by atoms with Crippen LogP contribution in [0, 0.1) is 0 Å².